The SMILES string of the molecule is O=C(CCCN1CCN2c3ccccc3Cn3cccc3C2C1)c1ccc(F)cc1. The molecule has 5 rings (SSSR count). The van der Waals surface area contributed by atoms with Crippen molar-refractivity contribution in [1.82, 2.24) is 9.47 Å². The van der Waals surface area contributed by atoms with Crippen molar-refractivity contribution >= 4 is 11.5 Å². The Balaban J connectivity index is 1.26. The molecule has 2 aliphatic rings. The summed E-state index contributed by atoms with van der Waals surface area (Å²) in [4.78, 5) is 17.4. The van der Waals surface area contributed by atoms with Crippen molar-refractivity contribution < 1.29 is 9.18 Å². The van der Waals surface area contributed by atoms with E-state index in [1.54, 1.807) is 12.1 Å². The maximum absolute atomic E-state index is 13.1. The first-order chi connectivity index (χ1) is 14.7. The number of Topliss-reactive ketones (excluding diaryl/α,β-unsaturated/α-hetero) is 1. The summed E-state index contributed by atoms with van der Waals surface area (Å²) in [5.74, 6) is -0.218. The molecule has 1 unspecified atom stereocenters. The van der Waals surface area contributed by atoms with Gasteiger partial charge in [0.1, 0.15) is 5.82 Å². The van der Waals surface area contributed by atoms with Crippen LogP contribution in [0.15, 0.2) is 66.9 Å². The first-order valence-electron chi connectivity index (χ1n) is 10.7. The number of para-hydroxylation sites is 1. The van der Waals surface area contributed by atoms with Gasteiger partial charge in [0.2, 0.25) is 0 Å². The molecule has 5 heteroatoms. The van der Waals surface area contributed by atoms with Crippen LogP contribution in [0, 0.1) is 5.82 Å². The number of anilines is 1. The van der Waals surface area contributed by atoms with Crippen LogP contribution in [0.1, 0.15) is 40.5 Å². The maximum Gasteiger partial charge on any atom is 0.162 e. The fourth-order valence-electron chi connectivity index (χ4n) is 4.81. The summed E-state index contributed by atoms with van der Waals surface area (Å²) >= 11 is 0. The van der Waals surface area contributed by atoms with Crippen LogP contribution in [-0.2, 0) is 6.54 Å². The van der Waals surface area contributed by atoms with Crippen LogP contribution in [-0.4, -0.2) is 41.4 Å². The van der Waals surface area contributed by atoms with Gasteiger partial charge in [-0.05, 0) is 61.0 Å². The number of rotatable bonds is 5. The Morgan fingerprint density at radius 3 is 2.70 bits per heavy atom. The summed E-state index contributed by atoms with van der Waals surface area (Å²) in [6, 6.07) is 19.3. The Labute approximate surface area is 176 Å². The Bertz CT molecular complexity index is 1040. The average molecular weight is 404 g/mol. The van der Waals surface area contributed by atoms with E-state index in [1.807, 2.05) is 0 Å². The van der Waals surface area contributed by atoms with Crippen LogP contribution >= 0.6 is 0 Å². The number of benzene rings is 2. The van der Waals surface area contributed by atoms with Crippen molar-refractivity contribution in [3.05, 3.63) is 89.5 Å². The van der Waals surface area contributed by atoms with Crippen LogP contribution in [0.5, 0.6) is 0 Å². The average Bonchev–Trinajstić information content (AvgIpc) is 3.18. The van der Waals surface area contributed by atoms with Crippen molar-refractivity contribution in [1.29, 1.82) is 0 Å². The predicted octanol–water partition coefficient (Wildman–Crippen LogP) is 4.52. The molecule has 0 amide bonds. The van der Waals surface area contributed by atoms with Gasteiger partial charge < -0.3 is 9.47 Å². The molecule has 0 spiro atoms. The number of fused-ring (bicyclic) bond motifs is 5. The Morgan fingerprint density at radius 1 is 1.00 bits per heavy atom. The monoisotopic (exact) mass is 403 g/mol. The van der Waals surface area contributed by atoms with E-state index >= 15 is 0 Å². The third kappa shape index (κ3) is 3.65. The zero-order valence-electron chi connectivity index (χ0n) is 17.0. The van der Waals surface area contributed by atoms with E-state index in [-0.39, 0.29) is 11.6 Å². The lowest BCUT2D eigenvalue weighted by Crippen LogP contribution is -2.49. The maximum atomic E-state index is 13.1. The van der Waals surface area contributed by atoms with E-state index in [9.17, 15) is 9.18 Å². The lowest BCUT2D eigenvalue weighted by Gasteiger charge is -2.42. The highest BCUT2D eigenvalue weighted by molar-refractivity contribution is 5.95. The van der Waals surface area contributed by atoms with Crippen molar-refractivity contribution in [3.63, 3.8) is 0 Å². The molecule has 154 valence electrons. The van der Waals surface area contributed by atoms with Gasteiger partial charge in [0.25, 0.3) is 0 Å². The van der Waals surface area contributed by atoms with E-state index in [1.165, 1.54) is 29.1 Å². The molecule has 2 aliphatic heterocycles. The highest BCUT2D eigenvalue weighted by Crippen LogP contribution is 2.36. The smallest absolute Gasteiger partial charge is 0.162 e. The van der Waals surface area contributed by atoms with Crippen LogP contribution in [0.3, 0.4) is 0 Å². The molecule has 0 N–H and O–H groups in total. The topological polar surface area (TPSA) is 28.5 Å². The highest BCUT2D eigenvalue weighted by Gasteiger charge is 2.33. The third-order valence-electron chi connectivity index (χ3n) is 6.36. The van der Waals surface area contributed by atoms with E-state index in [4.69, 9.17) is 0 Å². The fraction of sp³-hybridized carbons (Fsp3) is 0.320. The molecular formula is C25H26FN3O. The molecule has 0 aliphatic carbocycles. The van der Waals surface area contributed by atoms with Gasteiger partial charge in [-0.25, -0.2) is 4.39 Å². The second kappa shape index (κ2) is 8.07. The molecule has 4 nitrogen and oxygen atoms in total. The minimum Gasteiger partial charge on any atom is -0.360 e. The molecule has 1 aromatic heterocycles. The molecule has 0 bridgehead atoms. The standard InChI is InChI=1S/C25H26FN3O/c26-21-11-9-19(10-12-21)25(30)8-4-13-27-15-16-29-22-6-2-1-5-20(22)17-28-14-3-7-23(28)24(29)18-27/h1-3,5-7,9-12,14,24H,4,8,13,15-18H2. The molecule has 3 heterocycles. The van der Waals surface area contributed by atoms with Crippen LogP contribution in [0.2, 0.25) is 0 Å². The molecule has 1 fully saturated rings. The molecule has 2 aromatic carbocycles. The lowest BCUT2D eigenvalue weighted by molar-refractivity contribution is 0.0972. The number of ketones is 1. The first-order valence-corrected chi connectivity index (χ1v) is 10.7. The molecule has 1 saturated heterocycles. The van der Waals surface area contributed by atoms with Crippen molar-refractivity contribution in [2.45, 2.75) is 25.4 Å². The predicted molar refractivity (Wildman–Crippen MR) is 116 cm³/mol. The Kier molecular flexibility index (Phi) is 5.13. The summed E-state index contributed by atoms with van der Waals surface area (Å²) in [6.45, 7) is 4.76. The molecule has 0 saturated carbocycles. The molecule has 0 radical (unpaired) electrons. The van der Waals surface area contributed by atoms with Gasteiger partial charge >= 0.3 is 0 Å². The number of halogens is 1. The van der Waals surface area contributed by atoms with Gasteiger partial charge in [0.05, 0.1) is 6.04 Å². The number of hydrogen-bond donors (Lipinski definition) is 0. The van der Waals surface area contributed by atoms with Crippen LogP contribution in [0.4, 0.5) is 10.1 Å². The van der Waals surface area contributed by atoms with Gasteiger partial charge in [0.15, 0.2) is 5.78 Å². The van der Waals surface area contributed by atoms with Crippen molar-refractivity contribution in [2.24, 2.45) is 0 Å². The highest BCUT2D eigenvalue weighted by atomic mass is 19.1. The van der Waals surface area contributed by atoms with Gasteiger partial charge in [0, 0.05) is 55.7 Å². The normalized spacial score (nSPS) is 18.3. The number of piperazine rings is 1. The van der Waals surface area contributed by atoms with Crippen molar-refractivity contribution in [3.8, 4) is 0 Å². The molecular weight excluding hydrogens is 377 g/mol. The van der Waals surface area contributed by atoms with E-state index in [2.05, 4.69) is 57.0 Å². The first kappa shape index (κ1) is 19.1. The number of hydrogen-bond acceptors (Lipinski definition) is 3. The number of carbonyl (C=O) groups is 1. The largest absolute Gasteiger partial charge is 0.360 e. The van der Waals surface area contributed by atoms with E-state index in [0.717, 1.165) is 39.1 Å². The fourth-order valence-corrected chi connectivity index (χ4v) is 4.81. The van der Waals surface area contributed by atoms with Crippen LogP contribution < -0.4 is 4.90 Å². The Hall–Kier alpha value is -2.92. The van der Waals surface area contributed by atoms with Crippen LogP contribution in [0.25, 0.3) is 0 Å². The van der Waals surface area contributed by atoms with E-state index in [0.29, 0.717) is 18.0 Å². The number of aromatic nitrogens is 1. The molecule has 3 aromatic rings. The lowest BCUT2D eigenvalue weighted by atomic mass is 10.0. The molecule has 30 heavy (non-hydrogen) atoms. The Morgan fingerprint density at radius 2 is 1.83 bits per heavy atom. The second-order valence-electron chi connectivity index (χ2n) is 8.23. The minimum absolute atomic E-state index is 0.0888. The quantitative estimate of drug-likeness (QED) is 0.587. The van der Waals surface area contributed by atoms with Crippen molar-refractivity contribution in [2.75, 3.05) is 31.1 Å². The zero-order valence-corrected chi connectivity index (χ0v) is 17.0. The van der Waals surface area contributed by atoms with E-state index < -0.39 is 0 Å². The molecule has 1 atom stereocenters. The number of carbonyl (C=O) groups excluding carboxylic acids is 1. The van der Waals surface area contributed by atoms with Gasteiger partial charge in [-0.2, -0.15) is 0 Å². The third-order valence-corrected chi connectivity index (χ3v) is 6.36. The zero-order chi connectivity index (χ0) is 20.5. The summed E-state index contributed by atoms with van der Waals surface area (Å²) < 4.78 is 15.4. The summed E-state index contributed by atoms with van der Waals surface area (Å²) in [5.41, 5.74) is 4.67. The second-order valence-corrected chi connectivity index (χ2v) is 8.23. The minimum atomic E-state index is -0.306. The summed E-state index contributed by atoms with van der Waals surface area (Å²) in [5, 5.41) is 0. The van der Waals surface area contributed by atoms with Gasteiger partial charge in [-0.15, -0.1) is 0 Å². The van der Waals surface area contributed by atoms with Gasteiger partial charge in [-0.1, -0.05) is 18.2 Å². The summed E-state index contributed by atoms with van der Waals surface area (Å²) in [6.07, 6.45) is 3.49. The summed E-state index contributed by atoms with van der Waals surface area (Å²) in [7, 11) is 0. The number of nitrogens with zero attached hydrogens (tertiary/aromatic N) is 3. The van der Waals surface area contributed by atoms with Gasteiger partial charge in [-0.3, -0.25) is 9.69 Å².